The molecule has 3 N–H and O–H groups in total. The van der Waals surface area contributed by atoms with Crippen LogP contribution in [0.15, 0.2) is 48.5 Å². The van der Waals surface area contributed by atoms with E-state index in [1.54, 1.807) is 0 Å². The molecule has 0 fully saturated rings. The SMILES string of the molecule is Cc1ccc2c(C(CN)c3ccccc3)[nH]nc2c1. The molecule has 3 nitrogen and oxygen atoms in total. The lowest BCUT2D eigenvalue weighted by Crippen LogP contribution is -2.14. The molecular weight excluding hydrogens is 234 g/mol. The second kappa shape index (κ2) is 4.86. The van der Waals surface area contributed by atoms with Gasteiger partial charge < -0.3 is 5.73 Å². The molecule has 1 atom stereocenters. The number of hydrogen-bond donors (Lipinski definition) is 2. The molecule has 3 rings (SSSR count). The normalized spacial score (nSPS) is 12.7. The van der Waals surface area contributed by atoms with Crippen molar-refractivity contribution < 1.29 is 0 Å². The number of rotatable bonds is 3. The fourth-order valence-corrected chi connectivity index (χ4v) is 2.51. The topological polar surface area (TPSA) is 54.7 Å². The van der Waals surface area contributed by atoms with E-state index in [-0.39, 0.29) is 5.92 Å². The van der Waals surface area contributed by atoms with Crippen LogP contribution in [-0.2, 0) is 0 Å². The first kappa shape index (κ1) is 11.9. The summed E-state index contributed by atoms with van der Waals surface area (Å²) in [6, 6.07) is 16.6. The Hall–Kier alpha value is -2.13. The highest BCUT2D eigenvalue weighted by Crippen LogP contribution is 2.28. The van der Waals surface area contributed by atoms with Gasteiger partial charge in [-0.1, -0.05) is 42.5 Å². The minimum absolute atomic E-state index is 0.161. The number of benzene rings is 2. The van der Waals surface area contributed by atoms with Gasteiger partial charge in [-0.25, -0.2) is 0 Å². The van der Waals surface area contributed by atoms with E-state index < -0.39 is 0 Å². The summed E-state index contributed by atoms with van der Waals surface area (Å²) < 4.78 is 0. The lowest BCUT2D eigenvalue weighted by molar-refractivity contribution is 0.785. The van der Waals surface area contributed by atoms with Gasteiger partial charge in [0.2, 0.25) is 0 Å². The number of nitrogens with zero attached hydrogens (tertiary/aromatic N) is 1. The smallest absolute Gasteiger partial charge is 0.0926 e. The Morgan fingerprint density at radius 2 is 1.95 bits per heavy atom. The highest BCUT2D eigenvalue weighted by atomic mass is 15.1. The van der Waals surface area contributed by atoms with E-state index in [0.717, 1.165) is 16.6 Å². The zero-order valence-electron chi connectivity index (χ0n) is 10.9. The number of aromatic amines is 1. The first-order chi connectivity index (χ1) is 9.29. The van der Waals surface area contributed by atoms with Gasteiger partial charge in [0.15, 0.2) is 0 Å². The van der Waals surface area contributed by atoms with E-state index in [1.807, 2.05) is 18.2 Å². The van der Waals surface area contributed by atoms with Crippen molar-refractivity contribution in [1.82, 2.24) is 10.2 Å². The Morgan fingerprint density at radius 3 is 2.68 bits per heavy atom. The predicted molar refractivity (Wildman–Crippen MR) is 78.2 cm³/mol. The van der Waals surface area contributed by atoms with Crippen molar-refractivity contribution in [2.75, 3.05) is 6.54 Å². The summed E-state index contributed by atoms with van der Waals surface area (Å²) in [5.74, 6) is 0.161. The summed E-state index contributed by atoms with van der Waals surface area (Å²) in [5.41, 5.74) is 10.5. The average molecular weight is 251 g/mol. The maximum Gasteiger partial charge on any atom is 0.0926 e. The number of H-pyrrole nitrogens is 1. The van der Waals surface area contributed by atoms with Crippen LogP contribution in [0.3, 0.4) is 0 Å². The number of aryl methyl sites for hydroxylation is 1. The van der Waals surface area contributed by atoms with E-state index in [9.17, 15) is 0 Å². The molecule has 0 saturated heterocycles. The van der Waals surface area contributed by atoms with Gasteiger partial charge >= 0.3 is 0 Å². The van der Waals surface area contributed by atoms with Crippen molar-refractivity contribution in [1.29, 1.82) is 0 Å². The lowest BCUT2D eigenvalue weighted by atomic mass is 9.93. The molecule has 1 heterocycles. The minimum Gasteiger partial charge on any atom is -0.329 e. The van der Waals surface area contributed by atoms with Gasteiger partial charge in [-0.05, 0) is 24.1 Å². The van der Waals surface area contributed by atoms with Crippen LogP contribution in [0.25, 0.3) is 10.9 Å². The third-order valence-electron chi connectivity index (χ3n) is 3.53. The second-order valence-corrected chi connectivity index (χ2v) is 4.86. The molecular formula is C16H17N3. The Balaban J connectivity index is 2.12. The van der Waals surface area contributed by atoms with Crippen LogP contribution in [0.1, 0.15) is 22.7 Å². The Bertz CT molecular complexity index is 686. The van der Waals surface area contributed by atoms with Crippen molar-refractivity contribution in [3.63, 3.8) is 0 Å². The minimum atomic E-state index is 0.161. The Morgan fingerprint density at radius 1 is 1.16 bits per heavy atom. The van der Waals surface area contributed by atoms with Gasteiger partial charge in [0.05, 0.1) is 11.2 Å². The van der Waals surface area contributed by atoms with E-state index in [0.29, 0.717) is 6.54 Å². The summed E-state index contributed by atoms with van der Waals surface area (Å²) in [6.07, 6.45) is 0. The monoisotopic (exact) mass is 251 g/mol. The first-order valence-corrected chi connectivity index (χ1v) is 6.49. The predicted octanol–water partition coefficient (Wildman–Crippen LogP) is 2.96. The number of fused-ring (bicyclic) bond motifs is 1. The van der Waals surface area contributed by atoms with Crippen LogP contribution in [0, 0.1) is 6.92 Å². The third kappa shape index (κ3) is 2.13. The quantitative estimate of drug-likeness (QED) is 0.752. The molecule has 1 unspecified atom stereocenters. The number of nitrogens with two attached hydrogens (primary N) is 1. The molecule has 0 aliphatic heterocycles. The average Bonchev–Trinajstić information content (AvgIpc) is 2.84. The molecule has 0 saturated carbocycles. The maximum atomic E-state index is 5.97. The van der Waals surface area contributed by atoms with Crippen LogP contribution >= 0.6 is 0 Å². The van der Waals surface area contributed by atoms with Crippen LogP contribution in [0.2, 0.25) is 0 Å². The van der Waals surface area contributed by atoms with Crippen molar-refractivity contribution in [2.45, 2.75) is 12.8 Å². The molecule has 96 valence electrons. The lowest BCUT2D eigenvalue weighted by Gasteiger charge is -2.13. The molecule has 3 aromatic rings. The summed E-state index contributed by atoms with van der Waals surface area (Å²) in [5, 5.41) is 8.71. The zero-order valence-corrected chi connectivity index (χ0v) is 10.9. The molecule has 0 spiro atoms. The van der Waals surface area contributed by atoms with Crippen LogP contribution in [-0.4, -0.2) is 16.7 Å². The van der Waals surface area contributed by atoms with Crippen molar-refractivity contribution in [2.24, 2.45) is 5.73 Å². The van der Waals surface area contributed by atoms with Crippen molar-refractivity contribution >= 4 is 10.9 Å². The molecule has 2 aromatic carbocycles. The largest absolute Gasteiger partial charge is 0.329 e. The summed E-state index contributed by atoms with van der Waals surface area (Å²) in [6.45, 7) is 2.64. The Labute approximate surface area is 112 Å². The molecule has 19 heavy (non-hydrogen) atoms. The summed E-state index contributed by atoms with van der Waals surface area (Å²) in [4.78, 5) is 0. The van der Waals surface area contributed by atoms with Crippen LogP contribution in [0.5, 0.6) is 0 Å². The highest BCUT2D eigenvalue weighted by molar-refractivity contribution is 5.82. The van der Waals surface area contributed by atoms with E-state index in [4.69, 9.17) is 5.73 Å². The van der Waals surface area contributed by atoms with E-state index >= 15 is 0 Å². The van der Waals surface area contributed by atoms with Crippen LogP contribution in [0.4, 0.5) is 0 Å². The number of nitrogens with one attached hydrogen (secondary N) is 1. The van der Waals surface area contributed by atoms with Gasteiger partial charge in [-0.15, -0.1) is 0 Å². The maximum absolute atomic E-state index is 5.97. The third-order valence-corrected chi connectivity index (χ3v) is 3.53. The van der Waals surface area contributed by atoms with Crippen molar-refractivity contribution in [3.8, 4) is 0 Å². The molecule has 0 aliphatic rings. The van der Waals surface area contributed by atoms with Crippen molar-refractivity contribution in [3.05, 3.63) is 65.4 Å². The van der Waals surface area contributed by atoms with Gasteiger partial charge in [0, 0.05) is 17.8 Å². The second-order valence-electron chi connectivity index (χ2n) is 4.86. The van der Waals surface area contributed by atoms with Crippen LogP contribution < -0.4 is 5.73 Å². The molecule has 0 aliphatic carbocycles. The first-order valence-electron chi connectivity index (χ1n) is 6.49. The van der Waals surface area contributed by atoms with E-state index in [1.165, 1.54) is 11.1 Å². The molecule has 3 heteroatoms. The molecule has 1 aromatic heterocycles. The fourth-order valence-electron chi connectivity index (χ4n) is 2.51. The number of hydrogen-bond acceptors (Lipinski definition) is 2. The molecule has 0 radical (unpaired) electrons. The zero-order chi connectivity index (χ0) is 13.2. The standard InChI is InChI=1S/C16H17N3/c1-11-7-8-13-15(9-11)18-19-16(13)14(10-17)12-5-3-2-4-6-12/h2-9,14H,10,17H2,1H3,(H,18,19). The molecule has 0 amide bonds. The fraction of sp³-hybridized carbons (Fsp3) is 0.188. The van der Waals surface area contributed by atoms with Gasteiger partial charge in [-0.2, -0.15) is 5.10 Å². The van der Waals surface area contributed by atoms with E-state index in [2.05, 4.69) is 47.5 Å². The van der Waals surface area contributed by atoms with Gasteiger partial charge in [-0.3, -0.25) is 5.10 Å². The molecule has 0 bridgehead atoms. The number of aromatic nitrogens is 2. The van der Waals surface area contributed by atoms with Gasteiger partial charge in [0.25, 0.3) is 0 Å². The Kier molecular flexibility index (Phi) is 3.05. The highest BCUT2D eigenvalue weighted by Gasteiger charge is 2.17. The summed E-state index contributed by atoms with van der Waals surface area (Å²) >= 11 is 0. The summed E-state index contributed by atoms with van der Waals surface area (Å²) in [7, 11) is 0. The van der Waals surface area contributed by atoms with Gasteiger partial charge in [0.1, 0.15) is 0 Å².